The first-order valence-corrected chi connectivity index (χ1v) is 6.97. The van der Waals surface area contributed by atoms with Crippen molar-refractivity contribution in [1.82, 2.24) is 4.98 Å². The molecule has 0 atom stereocenters. The zero-order valence-electron chi connectivity index (χ0n) is 11.3. The molecule has 2 nitrogen and oxygen atoms in total. The fourth-order valence-corrected chi connectivity index (χ4v) is 2.86. The summed E-state index contributed by atoms with van der Waals surface area (Å²) in [6, 6.07) is 6.04. The Balaban J connectivity index is 2.31. The van der Waals surface area contributed by atoms with Crippen LogP contribution in [0.1, 0.15) is 32.6 Å². The van der Waals surface area contributed by atoms with Gasteiger partial charge in [-0.05, 0) is 59.5 Å². The number of Topliss-reactive ketones (excluding diaryl/α,β-unsaturated/α-hetero) is 1. The molecule has 0 unspecified atom stereocenters. The number of pyridine rings is 1. The number of nitrogens with zero attached hydrogens (tertiary/aromatic N) is 1. The fourth-order valence-electron chi connectivity index (χ4n) is 2.45. The first-order valence-electron chi connectivity index (χ1n) is 6.18. The number of carbonyl (C=O) groups is 1. The van der Waals surface area contributed by atoms with Crippen LogP contribution in [0.5, 0.6) is 0 Å². The van der Waals surface area contributed by atoms with Gasteiger partial charge in [-0.25, -0.2) is 0 Å². The van der Waals surface area contributed by atoms with Crippen LogP contribution in [0, 0.1) is 20.8 Å². The molecule has 2 aromatic rings. The summed E-state index contributed by atoms with van der Waals surface area (Å²) in [4.78, 5) is 16.5. The van der Waals surface area contributed by atoms with Gasteiger partial charge in [0.15, 0.2) is 5.78 Å². The van der Waals surface area contributed by atoms with Crippen molar-refractivity contribution in [1.29, 1.82) is 0 Å². The van der Waals surface area contributed by atoms with Gasteiger partial charge in [0.2, 0.25) is 0 Å². The highest BCUT2D eigenvalue weighted by molar-refractivity contribution is 9.10. The van der Waals surface area contributed by atoms with E-state index in [-0.39, 0.29) is 5.78 Å². The van der Waals surface area contributed by atoms with Crippen LogP contribution in [0.15, 0.2) is 35.1 Å². The summed E-state index contributed by atoms with van der Waals surface area (Å²) >= 11 is 3.37. The van der Waals surface area contributed by atoms with Crippen LogP contribution in [-0.2, 0) is 6.42 Å². The van der Waals surface area contributed by atoms with Gasteiger partial charge in [0.05, 0.1) is 0 Å². The SMILES string of the molecule is Cc1cc(C)c(C(=O)Cc2cncc(Br)c2)c(C)c1. The molecule has 0 fully saturated rings. The number of rotatable bonds is 3. The quantitative estimate of drug-likeness (QED) is 0.794. The molecule has 1 aromatic heterocycles. The van der Waals surface area contributed by atoms with E-state index >= 15 is 0 Å². The lowest BCUT2D eigenvalue weighted by Crippen LogP contribution is -2.08. The molecule has 0 amide bonds. The summed E-state index contributed by atoms with van der Waals surface area (Å²) in [5, 5.41) is 0. The van der Waals surface area contributed by atoms with Crippen molar-refractivity contribution in [3.05, 3.63) is 62.9 Å². The highest BCUT2D eigenvalue weighted by Gasteiger charge is 2.13. The second-order valence-electron chi connectivity index (χ2n) is 4.89. The molecule has 3 heteroatoms. The normalized spacial score (nSPS) is 10.5. The van der Waals surface area contributed by atoms with Crippen molar-refractivity contribution < 1.29 is 4.79 Å². The van der Waals surface area contributed by atoms with Gasteiger partial charge in [-0.3, -0.25) is 9.78 Å². The lowest BCUT2D eigenvalue weighted by atomic mass is 9.94. The monoisotopic (exact) mass is 317 g/mol. The topological polar surface area (TPSA) is 30.0 Å². The lowest BCUT2D eigenvalue weighted by molar-refractivity contribution is 0.0991. The number of hydrogen-bond donors (Lipinski definition) is 0. The molecule has 98 valence electrons. The van der Waals surface area contributed by atoms with Crippen molar-refractivity contribution in [2.75, 3.05) is 0 Å². The smallest absolute Gasteiger partial charge is 0.167 e. The second kappa shape index (κ2) is 5.66. The Labute approximate surface area is 122 Å². The van der Waals surface area contributed by atoms with Gasteiger partial charge in [-0.2, -0.15) is 0 Å². The van der Waals surface area contributed by atoms with E-state index in [2.05, 4.69) is 33.0 Å². The van der Waals surface area contributed by atoms with Gasteiger partial charge in [0, 0.05) is 28.9 Å². The second-order valence-corrected chi connectivity index (χ2v) is 5.80. The summed E-state index contributed by atoms with van der Waals surface area (Å²) in [7, 11) is 0. The van der Waals surface area contributed by atoms with E-state index in [1.54, 1.807) is 12.4 Å². The Morgan fingerprint density at radius 3 is 2.32 bits per heavy atom. The number of carbonyl (C=O) groups excluding carboxylic acids is 1. The van der Waals surface area contributed by atoms with Gasteiger partial charge >= 0.3 is 0 Å². The van der Waals surface area contributed by atoms with Crippen molar-refractivity contribution in [2.45, 2.75) is 27.2 Å². The molecule has 1 aromatic carbocycles. The van der Waals surface area contributed by atoms with E-state index in [9.17, 15) is 4.79 Å². The average molecular weight is 318 g/mol. The number of hydrogen-bond acceptors (Lipinski definition) is 2. The van der Waals surface area contributed by atoms with E-state index in [4.69, 9.17) is 0 Å². The molecule has 0 radical (unpaired) electrons. The average Bonchev–Trinajstić information content (AvgIpc) is 2.27. The van der Waals surface area contributed by atoms with Crippen LogP contribution < -0.4 is 0 Å². The van der Waals surface area contributed by atoms with E-state index < -0.39 is 0 Å². The maximum absolute atomic E-state index is 12.4. The minimum absolute atomic E-state index is 0.148. The highest BCUT2D eigenvalue weighted by Crippen LogP contribution is 2.19. The van der Waals surface area contributed by atoms with E-state index in [1.165, 1.54) is 5.56 Å². The predicted octanol–water partition coefficient (Wildman–Crippen LogP) is 4.19. The minimum Gasteiger partial charge on any atom is -0.294 e. The van der Waals surface area contributed by atoms with Crippen molar-refractivity contribution in [3.8, 4) is 0 Å². The van der Waals surface area contributed by atoms with Crippen LogP contribution in [-0.4, -0.2) is 10.8 Å². The Hall–Kier alpha value is -1.48. The third kappa shape index (κ3) is 3.29. The van der Waals surface area contributed by atoms with Crippen LogP contribution >= 0.6 is 15.9 Å². The first kappa shape index (κ1) is 13.9. The summed E-state index contributed by atoms with van der Waals surface area (Å²) < 4.78 is 0.898. The third-order valence-corrected chi connectivity index (χ3v) is 3.52. The molecule has 0 aliphatic heterocycles. The number of aryl methyl sites for hydroxylation is 3. The molecule has 0 saturated carbocycles. The van der Waals surface area contributed by atoms with Gasteiger partial charge < -0.3 is 0 Å². The van der Waals surface area contributed by atoms with Crippen LogP contribution in [0.3, 0.4) is 0 Å². The van der Waals surface area contributed by atoms with Crippen LogP contribution in [0.4, 0.5) is 0 Å². The van der Waals surface area contributed by atoms with E-state index in [1.807, 2.05) is 26.8 Å². The molecule has 1 heterocycles. The first-order chi connectivity index (χ1) is 8.97. The summed E-state index contributed by atoms with van der Waals surface area (Å²) in [5.74, 6) is 0.148. The molecular weight excluding hydrogens is 302 g/mol. The summed E-state index contributed by atoms with van der Waals surface area (Å²) in [6.07, 6.45) is 3.84. The number of halogens is 1. The van der Waals surface area contributed by atoms with Gasteiger partial charge in [-0.15, -0.1) is 0 Å². The molecule has 0 spiro atoms. The van der Waals surface area contributed by atoms with Crippen molar-refractivity contribution in [3.63, 3.8) is 0 Å². The van der Waals surface area contributed by atoms with E-state index in [0.717, 1.165) is 26.7 Å². The van der Waals surface area contributed by atoms with Crippen LogP contribution in [0.25, 0.3) is 0 Å². The zero-order valence-corrected chi connectivity index (χ0v) is 12.9. The Morgan fingerprint density at radius 1 is 1.11 bits per heavy atom. The van der Waals surface area contributed by atoms with E-state index in [0.29, 0.717) is 6.42 Å². The maximum atomic E-state index is 12.4. The molecule has 0 saturated heterocycles. The Kier molecular flexibility index (Phi) is 4.15. The summed E-state index contributed by atoms with van der Waals surface area (Å²) in [6.45, 7) is 6.03. The van der Waals surface area contributed by atoms with Crippen LogP contribution in [0.2, 0.25) is 0 Å². The fraction of sp³-hybridized carbons (Fsp3) is 0.250. The zero-order chi connectivity index (χ0) is 14.0. The number of benzene rings is 1. The Morgan fingerprint density at radius 2 is 1.74 bits per heavy atom. The minimum atomic E-state index is 0.148. The largest absolute Gasteiger partial charge is 0.294 e. The number of ketones is 1. The molecule has 0 bridgehead atoms. The third-order valence-electron chi connectivity index (χ3n) is 3.08. The lowest BCUT2D eigenvalue weighted by Gasteiger charge is -2.10. The maximum Gasteiger partial charge on any atom is 0.167 e. The standard InChI is InChI=1S/C16H16BrNO/c1-10-4-11(2)16(12(3)5-10)15(19)7-13-6-14(17)9-18-8-13/h4-6,8-9H,7H2,1-3H3. The van der Waals surface area contributed by atoms with Crippen molar-refractivity contribution >= 4 is 21.7 Å². The molecule has 2 rings (SSSR count). The Bertz CT molecular complexity index is 611. The molecule has 19 heavy (non-hydrogen) atoms. The van der Waals surface area contributed by atoms with Gasteiger partial charge in [0.1, 0.15) is 0 Å². The predicted molar refractivity (Wildman–Crippen MR) is 80.6 cm³/mol. The van der Waals surface area contributed by atoms with Gasteiger partial charge in [0.25, 0.3) is 0 Å². The molecular formula is C16H16BrNO. The van der Waals surface area contributed by atoms with Gasteiger partial charge in [-0.1, -0.05) is 17.7 Å². The molecule has 0 N–H and O–H groups in total. The number of aromatic nitrogens is 1. The van der Waals surface area contributed by atoms with Crippen molar-refractivity contribution in [2.24, 2.45) is 0 Å². The molecule has 0 aliphatic carbocycles. The molecule has 0 aliphatic rings. The summed E-state index contributed by atoms with van der Waals surface area (Å²) in [5.41, 5.74) is 5.05. The highest BCUT2D eigenvalue weighted by atomic mass is 79.9.